The molecule has 0 heterocycles. The van der Waals surface area contributed by atoms with Gasteiger partial charge in [-0.1, -0.05) is 44.2 Å². The van der Waals surface area contributed by atoms with E-state index in [-0.39, 0.29) is 5.41 Å². The van der Waals surface area contributed by atoms with E-state index in [1.807, 2.05) is 0 Å². The van der Waals surface area contributed by atoms with Crippen molar-refractivity contribution < 1.29 is 0 Å². The first-order valence-electron chi connectivity index (χ1n) is 6.03. The lowest BCUT2D eigenvalue weighted by atomic mass is 9.89. The molecule has 1 aromatic rings. The van der Waals surface area contributed by atoms with Crippen LogP contribution in [0.25, 0.3) is 0 Å². The second-order valence-electron chi connectivity index (χ2n) is 5.22. The van der Waals surface area contributed by atoms with Crippen LogP contribution in [0.1, 0.15) is 38.8 Å². The first-order valence-corrected chi connectivity index (χ1v) is 6.03. The number of hydrogen-bond donors (Lipinski definition) is 2. The molecule has 1 unspecified atom stereocenters. The third-order valence-corrected chi connectivity index (χ3v) is 3.01. The third-order valence-electron chi connectivity index (χ3n) is 3.01. The van der Waals surface area contributed by atoms with Crippen LogP contribution in [0.5, 0.6) is 0 Å². The molecule has 0 aliphatic heterocycles. The minimum Gasteiger partial charge on any atom is -0.330 e. The van der Waals surface area contributed by atoms with E-state index in [1.165, 1.54) is 5.56 Å². The van der Waals surface area contributed by atoms with Crippen LogP contribution in [0.2, 0.25) is 0 Å². The van der Waals surface area contributed by atoms with Crippen LogP contribution in [-0.2, 0) is 0 Å². The molecule has 1 atom stereocenters. The zero-order valence-corrected chi connectivity index (χ0v) is 10.7. The number of hydrogen-bond acceptors (Lipinski definition) is 2. The van der Waals surface area contributed by atoms with E-state index in [2.05, 4.69) is 56.4 Å². The van der Waals surface area contributed by atoms with E-state index in [4.69, 9.17) is 5.73 Å². The fourth-order valence-corrected chi connectivity index (χ4v) is 1.77. The largest absolute Gasteiger partial charge is 0.330 e. The van der Waals surface area contributed by atoms with Gasteiger partial charge in [-0.05, 0) is 30.9 Å². The van der Waals surface area contributed by atoms with Crippen molar-refractivity contribution in [3.05, 3.63) is 35.9 Å². The molecular formula is C14H24N2. The normalized spacial score (nSPS) is 13.8. The topological polar surface area (TPSA) is 38.0 Å². The summed E-state index contributed by atoms with van der Waals surface area (Å²) >= 11 is 0. The molecule has 0 bridgehead atoms. The molecule has 1 aromatic carbocycles. The minimum atomic E-state index is 0.276. The summed E-state index contributed by atoms with van der Waals surface area (Å²) in [6, 6.07) is 10.9. The first-order chi connectivity index (χ1) is 7.55. The molecule has 0 aliphatic carbocycles. The molecule has 0 aliphatic rings. The predicted octanol–water partition coefficient (Wildman–Crippen LogP) is 2.71. The van der Waals surface area contributed by atoms with Crippen molar-refractivity contribution in [3.63, 3.8) is 0 Å². The van der Waals surface area contributed by atoms with Crippen molar-refractivity contribution in [2.24, 2.45) is 11.1 Å². The highest BCUT2D eigenvalue weighted by Gasteiger charge is 2.17. The first kappa shape index (κ1) is 13.2. The molecular weight excluding hydrogens is 196 g/mol. The van der Waals surface area contributed by atoms with Crippen molar-refractivity contribution in [2.45, 2.75) is 33.2 Å². The monoisotopic (exact) mass is 220 g/mol. The van der Waals surface area contributed by atoms with E-state index < -0.39 is 0 Å². The Balaban J connectivity index is 2.44. The number of nitrogens with two attached hydrogens (primary N) is 1. The zero-order valence-electron chi connectivity index (χ0n) is 10.7. The Morgan fingerprint density at radius 1 is 1.25 bits per heavy atom. The van der Waals surface area contributed by atoms with E-state index in [1.54, 1.807) is 0 Å². The maximum Gasteiger partial charge on any atom is 0.0292 e. The second-order valence-corrected chi connectivity index (χ2v) is 5.22. The van der Waals surface area contributed by atoms with Crippen LogP contribution in [-0.4, -0.2) is 13.1 Å². The van der Waals surface area contributed by atoms with Gasteiger partial charge in [-0.3, -0.25) is 0 Å². The summed E-state index contributed by atoms with van der Waals surface area (Å²) in [6.07, 6.45) is 1.06. The molecule has 1 rings (SSSR count). The fraction of sp³-hybridized carbons (Fsp3) is 0.571. The lowest BCUT2D eigenvalue weighted by Crippen LogP contribution is -2.32. The minimum absolute atomic E-state index is 0.276. The Bertz CT molecular complexity index is 293. The van der Waals surface area contributed by atoms with Crippen LogP contribution < -0.4 is 11.1 Å². The summed E-state index contributed by atoms with van der Waals surface area (Å²) in [7, 11) is 0. The summed E-state index contributed by atoms with van der Waals surface area (Å²) < 4.78 is 0. The van der Waals surface area contributed by atoms with Crippen molar-refractivity contribution in [3.8, 4) is 0 Å². The van der Waals surface area contributed by atoms with Crippen LogP contribution in [0.3, 0.4) is 0 Å². The van der Waals surface area contributed by atoms with Gasteiger partial charge in [-0.15, -0.1) is 0 Å². The molecule has 0 saturated heterocycles. The van der Waals surface area contributed by atoms with Gasteiger partial charge in [0.2, 0.25) is 0 Å². The van der Waals surface area contributed by atoms with E-state index in [9.17, 15) is 0 Å². The molecule has 0 radical (unpaired) electrons. The van der Waals surface area contributed by atoms with Crippen LogP contribution >= 0.6 is 0 Å². The quantitative estimate of drug-likeness (QED) is 0.773. The highest BCUT2D eigenvalue weighted by atomic mass is 14.9. The standard InChI is InChI=1S/C14H24N2/c1-12(13-7-5-4-6-8-13)16-11-14(2,3)9-10-15/h4-8,12,16H,9-11,15H2,1-3H3. The van der Waals surface area contributed by atoms with Crippen LogP contribution in [0, 0.1) is 5.41 Å². The molecule has 0 saturated carbocycles. The molecule has 16 heavy (non-hydrogen) atoms. The Kier molecular flexibility index (Phi) is 4.97. The summed E-state index contributed by atoms with van der Waals surface area (Å²) in [5.74, 6) is 0. The molecule has 3 N–H and O–H groups in total. The van der Waals surface area contributed by atoms with Crippen molar-refractivity contribution in [1.82, 2.24) is 5.32 Å². The Morgan fingerprint density at radius 2 is 1.88 bits per heavy atom. The van der Waals surface area contributed by atoms with Gasteiger partial charge in [0.25, 0.3) is 0 Å². The fourth-order valence-electron chi connectivity index (χ4n) is 1.77. The predicted molar refractivity (Wildman–Crippen MR) is 70.3 cm³/mol. The lowest BCUT2D eigenvalue weighted by Gasteiger charge is -2.26. The van der Waals surface area contributed by atoms with Crippen LogP contribution in [0.15, 0.2) is 30.3 Å². The number of benzene rings is 1. The molecule has 0 fully saturated rings. The van der Waals surface area contributed by atoms with Gasteiger partial charge in [0.05, 0.1) is 0 Å². The van der Waals surface area contributed by atoms with Gasteiger partial charge < -0.3 is 11.1 Å². The van der Waals surface area contributed by atoms with Gasteiger partial charge in [0, 0.05) is 12.6 Å². The zero-order chi connectivity index (χ0) is 12.0. The van der Waals surface area contributed by atoms with E-state index in [0.717, 1.165) is 19.5 Å². The summed E-state index contributed by atoms with van der Waals surface area (Å²) in [5.41, 5.74) is 7.22. The van der Waals surface area contributed by atoms with Gasteiger partial charge in [0.15, 0.2) is 0 Å². The SMILES string of the molecule is CC(NCC(C)(C)CCN)c1ccccc1. The molecule has 2 heteroatoms. The smallest absolute Gasteiger partial charge is 0.0292 e. The summed E-state index contributed by atoms with van der Waals surface area (Å²) in [6.45, 7) is 8.47. The highest BCUT2D eigenvalue weighted by molar-refractivity contribution is 5.18. The van der Waals surface area contributed by atoms with Crippen LogP contribution in [0.4, 0.5) is 0 Å². The maximum absolute atomic E-state index is 5.60. The van der Waals surface area contributed by atoms with Gasteiger partial charge in [0.1, 0.15) is 0 Å². The van der Waals surface area contributed by atoms with E-state index in [0.29, 0.717) is 6.04 Å². The van der Waals surface area contributed by atoms with Gasteiger partial charge in [-0.2, -0.15) is 0 Å². The Morgan fingerprint density at radius 3 is 2.44 bits per heavy atom. The van der Waals surface area contributed by atoms with Gasteiger partial charge in [-0.25, -0.2) is 0 Å². The summed E-state index contributed by atoms with van der Waals surface area (Å²) in [4.78, 5) is 0. The Labute approximate surface area is 99.2 Å². The Hall–Kier alpha value is -0.860. The molecule has 0 spiro atoms. The van der Waals surface area contributed by atoms with Crippen molar-refractivity contribution >= 4 is 0 Å². The average molecular weight is 220 g/mol. The number of nitrogens with one attached hydrogen (secondary N) is 1. The van der Waals surface area contributed by atoms with Crippen molar-refractivity contribution in [1.29, 1.82) is 0 Å². The lowest BCUT2D eigenvalue weighted by molar-refractivity contribution is 0.306. The maximum atomic E-state index is 5.60. The van der Waals surface area contributed by atoms with Crippen molar-refractivity contribution in [2.75, 3.05) is 13.1 Å². The molecule has 0 amide bonds. The molecule has 0 aromatic heterocycles. The van der Waals surface area contributed by atoms with Gasteiger partial charge >= 0.3 is 0 Å². The summed E-state index contributed by atoms with van der Waals surface area (Å²) in [5, 5.41) is 3.57. The second kappa shape index (κ2) is 6.02. The highest BCUT2D eigenvalue weighted by Crippen LogP contribution is 2.20. The third kappa shape index (κ3) is 4.33. The average Bonchev–Trinajstić information content (AvgIpc) is 2.27. The molecule has 90 valence electrons. The molecule has 2 nitrogen and oxygen atoms in total. The number of rotatable bonds is 6. The van der Waals surface area contributed by atoms with E-state index >= 15 is 0 Å².